The number of halogens is 2. The Labute approximate surface area is 171 Å². The van der Waals surface area contributed by atoms with E-state index in [0.717, 1.165) is 37.7 Å². The number of nitrogens with one attached hydrogen (secondary N) is 1. The topological polar surface area (TPSA) is 58.0 Å². The lowest BCUT2D eigenvalue weighted by molar-refractivity contribution is -0.123. The second-order valence-electron chi connectivity index (χ2n) is 6.85. The van der Waals surface area contributed by atoms with Crippen LogP contribution in [0.15, 0.2) is 40.8 Å². The Hall–Kier alpha value is -2.09. The number of likely N-dealkylation sites (N-methyl/N-ethyl adjacent to an activating group) is 1. The molecule has 6 nitrogen and oxygen atoms in total. The number of rotatable bonds is 7. The second kappa shape index (κ2) is 10.5. The van der Waals surface area contributed by atoms with E-state index in [9.17, 15) is 9.18 Å². The Morgan fingerprint density at radius 3 is 2.46 bits per heavy atom. The average molecular weight is 412 g/mol. The number of furan rings is 1. The van der Waals surface area contributed by atoms with E-state index >= 15 is 0 Å². The fourth-order valence-corrected chi connectivity index (χ4v) is 3.12. The van der Waals surface area contributed by atoms with Gasteiger partial charge in [-0.05, 0) is 50.4 Å². The lowest BCUT2D eigenvalue weighted by Crippen LogP contribution is -2.48. The first-order valence-corrected chi connectivity index (χ1v) is 9.15. The molecular weight excluding hydrogens is 385 g/mol. The van der Waals surface area contributed by atoms with Gasteiger partial charge in [0.05, 0.1) is 6.04 Å². The molecule has 1 amide bonds. The van der Waals surface area contributed by atoms with E-state index < -0.39 is 0 Å². The highest BCUT2D eigenvalue weighted by molar-refractivity contribution is 5.85. The summed E-state index contributed by atoms with van der Waals surface area (Å²) in [6.07, 6.45) is 0. The summed E-state index contributed by atoms with van der Waals surface area (Å²) >= 11 is 0. The summed E-state index contributed by atoms with van der Waals surface area (Å²) in [5.74, 6) is 1.62. The second-order valence-corrected chi connectivity index (χ2v) is 6.85. The van der Waals surface area contributed by atoms with Gasteiger partial charge in [-0.1, -0.05) is 0 Å². The van der Waals surface area contributed by atoms with Crippen LogP contribution in [0.25, 0.3) is 0 Å². The number of amides is 1. The van der Waals surface area contributed by atoms with E-state index in [0.29, 0.717) is 12.3 Å². The minimum absolute atomic E-state index is 0. The van der Waals surface area contributed by atoms with Crippen molar-refractivity contribution < 1.29 is 18.3 Å². The molecular formula is C20H27ClFN3O3. The van der Waals surface area contributed by atoms with Gasteiger partial charge in [-0.2, -0.15) is 0 Å². The van der Waals surface area contributed by atoms with Gasteiger partial charge in [0.15, 0.2) is 6.61 Å². The van der Waals surface area contributed by atoms with Crippen LogP contribution in [-0.2, 0) is 4.79 Å². The van der Waals surface area contributed by atoms with E-state index in [2.05, 4.69) is 22.2 Å². The number of nitrogens with zero attached hydrogens (tertiary/aromatic N) is 2. The van der Waals surface area contributed by atoms with E-state index in [1.807, 2.05) is 19.1 Å². The number of carbonyl (C=O) groups excluding carboxylic acids is 1. The molecule has 1 aromatic carbocycles. The molecule has 28 heavy (non-hydrogen) atoms. The average Bonchev–Trinajstić information content (AvgIpc) is 3.09. The number of carbonyl (C=O) groups is 1. The smallest absolute Gasteiger partial charge is 0.258 e. The first-order chi connectivity index (χ1) is 13.0. The number of benzene rings is 1. The van der Waals surface area contributed by atoms with Crippen LogP contribution in [0.3, 0.4) is 0 Å². The third-order valence-electron chi connectivity index (χ3n) is 4.74. The van der Waals surface area contributed by atoms with Crippen LogP contribution in [0, 0.1) is 12.7 Å². The fourth-order valence-electron chi connectivity index (χ4n) is 3.12. The Morgan fingerprint density at radius 1 is 1.18 bits per heavy atom. The molecule has 1 aromatic heterocycles. The van der Waals surface area contributed by atoms with Gasteiger partial charge in [-0.15, -0.1) is 12.4 Å². The number of hydrogen-bond acceptors (Lipinski definition) is 5. The van der Waals surface area contributed by atoms with Gasteiger partial charge < -0.3 is 19.4 Å². The maximum Gasteiger partial charge on any atom is 0.258 e. The number of aryl methyl sites for hydroxylation is 1. The molecule has 1 fully saturated rings. The van der Waals surface area contributed by atoms with E-state index in [-0.39, 0.29) is 36.8 Å². The van der Waals surface area contributed by atoms with Crippen LogP contribution in [0.1, 0.15) is 17.6 Å². The van der Waals surface area contributed by atoms with Gasteiger partial charge in [0.2, 0.25) is 0 Å². The standard InChI is InChI=1S/C20H26FN3O3.ClH/c1-15-3-8-19(27-15)18(24-11-9-23(2)10-12-24)13-22-20(25)14-26-17-6-4-16(21)5-7-17;/h3-8,18H,9-14H2,1-2H3,(H,22,25);1H. The number of hydrogen-bond donors (Lipinski definition) is 1. The van der Waals surface area contributed by atoms with Crippen LogP contribution in [0.4, 0.5) is 4.39 Å². The summed E-state index contributed by atoms with van der Waals surface area (Å²) in [6.45, 7) is 6.06. The maximum atomic E-state index is 12.9. The number of ether oxygens (including phenoxy) is 1. The third kappa shape index (κ3) is 6.22. The van der Waals surface area contributed by atoms with E-state index in [1.165, 1.54) is 24.3 Å². The fraction of sp³-hybridized carbons (Fsp3) is 0.450. The molecule has 0 aliphatic carbocycles. The van der Waals surface area contributed by atoms with Gasteiger partial charge in [-0.25, -0.2) is 4.39 Å². The van der Waals surface area contributed by atoms with Crippen molar-refractivity contribution in [3.05, 3.63) is 53.7 Å². The Kier molecular flexibility index (Phi) is 8.29. The molecule has 154 valence electrons. The summed E-state index contributed by atoms with van der Waals surface area (Å²) in [5.41, 5.74) is 0. The molecule has 0 radical (unpaired) electrons. The highest BCUT2D eigenvalue weighted by atomic mass is 35.5. The molecule has 0 bridgehead atoms. The van der Waals surface area contributed by atoms with Crippen LogP contribution >= 0.6 is 12.4 Å². The van der Waals surface area contributed by atoms with Gasteiger partial charge in [0.25, 0.3) is 5.91 Å². The van der Waals surface area contributed by atoms with Crippen LogP contribution in [0.5, 0.6) is 5.75 Å². The van der Waals surface area contributed by atoms with E-state index in [1.54, 1.807) is 0 Å². The molecule has 1 atom stereocenters. The third-order valence-corrected chi connectivity index (χ3v) is 4.74. The van der Waals surface area contributed by atoms with Gasteiger partial charge in [0.1, 0.15) is 23.1 Å². The first-order valence-electron chi connectivity index (χ1n) is 9.15. The highest BCUT2D eigenvalue weighted by Gasteiger charge is 2.26. The molecule has 1 unspecified atom stereocenters. The maximum absolute atomic E-state index is 12.9. The van der Waals surface area contributed by atoms with Crippen LogP contribution in [-0.4, -0.2) is 62.1 Å². The number of piperazine rings is 1. The largest absolute Gasteiger partial charge is 0.484 e. The Bertz CT molecular complexity index is 745. The van der Waals surface area contributed by atoms with E-state index in [4.69, 9.17) is 9.15 Å². The van der Waals surface area contributed by atoms with Gasteiger partial charge in [0, 0.05) is 32.7 Å². The molecule has 2 aromatic rings. The van der Waals surface area contributed by atoms with Crippen molar-refractivity contribution in [3.8, 4) is 5.75 Å². The minimum atomic E-state index is -0.337. The van der Waals surface area contributed by atoms with Crippen molar-refractivity contribution in [3.63, 3.8) is 0 Å². The highest BCUT2D eigenvalue weighted by Crippen LogP contribution is 2.23. The molecule has 1 N–H and O–H groups in total. The first kappa shape index (κ1) is 22.2. The monoisotopic (exact) mass is 411 g/mol. The van der Waals surface area contributed by atoms with Crippen molar-refractivity contribution in [1.82, 2.24) is 15.1 Å². The van der Waals surface area contributed by atoms with Crippen molar-refractivity contribution in [2.75, 3.05) is 46.4 Å². The van der Waals surface area contributed by atoms with Crippen molar-refractivity contribution in [2.45, 2.75) is 13.0 Å². The zero-order valence-electron chi connectivity index (χ0n) is 16.2. The quantitative estimate of drug-likeness (QED) is 0.759. The van der Waals surface area contributed by atoms with Crippen LogP contribution < -0.4 is 10.1 Å². The zero-order valence-corrected chi connectivity index (χ0v) is 17.0. The van der Waals surface area contributed by atoms with Crippen LogP contribution in [0.2, 0.25) is 0 Å². The summed E-state index contributed by atoms with van der Waals surface area (Å²) in [4.78, 5) is 16.8. The molecule has 0 saturated carbocycles. The van der Waals surface area contributed by atoms with Gasteiger partial charge >= 0.3 is 0 Å². The Balaban J connectivity index is 0.00000280. The predicted octanol–water partition coefficient (Wildman–Crippen LogP) is 2.63. The molecule has 3 rings (SSSR count). The lowest BCUT2D eigenvalue weighted by Gasteiger charge is -2.37. The van der Waals surface area contributed by atoms with Crippen molar-refractivity contribution >= 4 is 18.3 Å². The molecule has 8 heteroatoms. The summed E-state index contributed by atoms with van der Waals surface area (Å²) < 4.78 is 24.1. The molecule has 2 heterocycles. The minimum Gasteiger partial charge on any atom is -0.484 e. The van der Waals surface area contributed by atoms with Crippen molar-refractivity contribution in [1.29, 1.82) is 0 Å². The lowest BCUT2D eigenvalue weighted by atomic mass is 10.1. The molecule has 1 aliphatic heterocycles. The SMILES string of the molecule is Cc1ccc(C(CNC(=O)COc2ccc(F)cc2)N2CCN(C)CC2)o1.Cl. The summed E-state index contributed by atoms with van der Waals surface area (Å²) in [5, 5.41) is 2.93. The molecule has 0 spiro atoms. The predicted molar refractivity (Wildman–Crippen MR) is 107 cm³/mol. The molecule has 1 saturated heterocycles. The summed E-state index contributed by atoms with van der Waals surface area (Å²) in [6, 6.07) is 9.51. The summed E-state index contributed by atoms with van der Waals surface area (Å²) in [7, 11) is 2.11. The van der Waals surface area contributed by atoms with Gasteiger partial charge in [-0.3, -0.25) is 9.69 Å². The van der Waals surface area contributed by atoms with Crippen molar-refractivity contribution in [2.24, 2.45) is 0 Å². The Morgan fingerprint density at radius 2 is 1.86 bits per heavy atom. The molecule has 1 aliphatic rings. The normalized spacial score (nSPS) is 16.2. The zero-order chi connectivity index (χ0) is 19.2.